The number of fused-ring (bicyclic) bond motifs is 1. The van der Waals surface area contributed by atoms with Gasteiger partial charge in [0.05, 0.1) is 30.7 Å². The number of ether oxygens (including phenoxy) is 2. The predicted molar refractivity (Wildman–Crippen MR) is 109 cm³/mol. The molecule has 0 bridgehead atoms. The Labute approximate surface area is 171 Å². The number of nitro benzene ring substituents is 1. The molecular weight excluding hydrogens is 394 g/mol. The lowest BCUT2D eigenvalue weighted by Gasteiger charge is -2.13. The number of anilines is 1. The standard InChI is InChI=1S/C20H21N3O7/c1-12-9-17(28-2)18(29-3)11-14(12)21-19(24)5-4-8-22-15-7-6-13(23(26)27)10-16(15)30-20(22)25/h6-7,9-11H,4-5,8H2,1-3H3,(H,21,24). The molecule has 158 valence electrons. The highest BCUT2D eigenvalue weighted by molar-refractivity contribution is 5.92. The number of carbonyl (C=O) groups excluding carboxylic acids is 1. The fourth-order valence-corrected chi connectivity index (χ4v) is 3.11. The lowest BCUT2D eigenvalue weighted by molar-refractivity contribution is -0.384. The van der Waals surface area contributed by atoms with Crippen LogP contribution in [-0.4, -0.2) is 29.6 Å². The Kier molecular flexibility index (Phi) is 6.05. The highest BCUT2D eigenvalue weighted by Gasteiger charge is 2.15. The molecule has 0 spiro atoms. The van der Waals surface area contributed by atoms with Crippen molar-refractivity contribution in [2.45, 2.75) is 26.3 Å². The smallest absolute Gasteiger partial charge is 0.419 e. The molecule has 0 unspecified atom stereocenters. The zero-order chi connectivity index (χ0) is 21.8. The zero-order valence-corrected chi connectivity index (χ0v) is 16.8. The molecular formula is C20H21N3O7. The highest BCUT2D eigenvalue weighted by Crippen LogP contribution is 2.33. The molecule has 1 aromatic heterocycles. The SMILES string of the molecule is COc1cc(C)c(NC(=O)CCCn2c(=O)oc3cc([N+](=O)[O-])ccc32)cc1OC. The summed E-state index contributed by atoms with van der Waals surface area (Å²) in [5.74, 6) is 0.229. The molecule has 10 heteroatoms. The van der Waals surface area contributed by atoms with Gasteiger partial charge in [0, 0.05) is 30.8 Å². The first kappa shape index (κ1) is 20.9. The molecule has 0 fully saturated rings. The number of nitrogens with one attached hydrogen (secondary N) is 1. The Hall–Kier alpha value is -3.82. The van der Waals surface area contributed by atoms with E-state index in [-0.39, 0.29) is 30.1 Å². The summed E-state index contributed by atoms with van der Waals surface area (Å²) in [5, 5.41) is 13.7. The second-order valence-corrected chi connectivity index (χ2v) is 6.60. The van der Waals surface area contributed by atoms with Gasteiger partial charge in [-0.05, 0) is 31.0 Å². The van der Waals surface area contributed by atoms with E-state index >= 15 is 0 Å². The molecule has 1 N–H and O–H groups in total. The van der Waals surface area contributed by atoms with Crippen LogP contribution in [0.3, 0.4) is 0 Å². The molecule has 3 aromatic rings. The number of nitro groups is 1. The minimum atomic E-state index is -0.623. The number of benzene rings is 2. The largest absolute Gasteiger partial charge is 0.493 e. The number of rotatable bonds is 8. The average molecular weight is 415 g/mol. The van der Waals surface area contributed by atoms with Gasteiger partial charge >= 0.3 is 5.76 Å². The van der Waals surface area contributed by atoms with E-state index in [1.165, 1.54) is 37.0 Å². The van der Waals surface area contributed by atoms with Crippen LogP contribution < -0.4 is 20.5 Å². The Morgan fingerprint density at radius 1 is 1.20 bits per heavy atom. The maximum atomic E-state index is 12.3. The lowest BCUT2D eigenvalue weighted by atomic mass is 10.1. The van der Waals surface area contributed by atoms with Gasteiger partial charge in [-0.15, -0.1) is 0 Å². The van der Waals surface area contributed by atoms with Gasteiger partial charge in [-0.25, -0.2) is 4.79 Å². The van der Waals surface area contributed by atoms with E-state index in [1.54, 1.807) is 12.1 Å². The Morgan fingerprint density at radius 2 is 1.90 bits per heavy atom. The van der Waals surface area contributed by atoms with Crippen molar-refractivity contribution in [3.8, 4) is 11.5 Å². The Balaban J connectivity index is 1.66. The van der Waals surface area contributed by atoms with Crippen molar-refractivity contribution in [3.63, 3.8) is 0 Å². The van der Waals surface area contributed by atoms with Crippen LogP contribution in [0.15, 0.2) is 39.5 Å². The number of aryl methyl sites for hydroxylation is 2. The van der Waals surface area contributed by atoms with Gasteiger partial charge in [-0.2, -0.15) is 0 Å². The summed E-state index contributed by atoms with van der Waals surface area (Å²) in [5.41, 5.74) is 1.85. The second-order valence-electron chi connectivity index (χ2n) is 6.60. The summed E-state index contributed by atoms with van der Waals surface area (Å²) in [7, 11) is 3.05. The maximum Gasteiger partial charge on any atom is 0.419 e. The van der Waals surface area contributed by atoms with Crippen molar-refractivity contribution in [1.82, 2.24) is 4.57 Å². The van der Waals surface area contributed by atoms with Crippen molar-refractivity contribution >= 4 is 28.4 Å². The van der Waals surface area contributed by atoms with E-state index < -0.39 is 10.7 Å². The van der Waals surface area contributed by atoms with Crippen LogP contribution in [0.1, 0.15) is 18.4 Å². The van der Waals surface area contributed by atoms with Crippen molar-refractivity contribution in [1.29, 1.82) is 0 Å². The summed E-state index contributed by atoms with van der Waals surface area (Å²) in [6, 6.07) is 7.43. The van der Waals surface area contributed by atoms with Crippen molar-refractivity contribution in [2.24, 2.45) is 0 Å². The minimum Gasteiger partial charge on any atom is -0.493 e. The van der Waals surface area contributed by atoms with Crippen LogP contribution >= 0.6 is 0 Å². The molecule has 1 amide bonds. The molecule has 10 nitrogen and oxygen atoms in total. The fraction of sp³-hybridized carbons (Fsp3) is 0.300. The molecule has 0 aliphatic carbocycles. The molecule has 0 saturated heterocycles. The van der Waals surface area contributed by atoms with E-state index in [2.05, 4.69) is 5.32 Å². The maximum absolute atomic E-state index is 12.3. The van der Waals surface area contributed by atoms with Gasteiger partial charge < -0.3 is 19.2 Å². The van der Waals surface area contributed by atoms with Crippen LogP contribution in [-0.2, 0) is 11.3 Å². The topological polar surface area (TPSA) is 126 Å². The number of nitrogens with zero attached hydrogens (tertiary/aromatic N) is 2. The number of hydrogen-bond donors (Lipinski definition) is 1. The predicted octanol–water partition coefficient (Wildman–Crippen LogP) is 3.25. The average Bonchev–Trinajstić information content (AvgIpc) is 3.03. The van der Waals surface area contributed by atoms with E-state index in [0.29, 0.717) is 29.1 Å². The lowest BCUT2D eigenvalue weighted by Crippen LogP contribution is -2.17. The third-order valence-electron chi connectivity index (χ3n) is 4.65. The number of non-ortho nitro benzene ring substituents is 1. The number of aromatic nitrogens is 1. The van der Waals surface area contributed by atoms with E-state index in [0.717, 1.165) is 5.56 Å². The first-order chi connectivity index (χ1) is 14.3. The van der Waals surface area contributed by atoms with Gasteiger partial charge in [0.2, 0.25) is 5.91 Å². The van der Waals surface area contributed by atoms with E-state index in [4.69, 9.17) is 13.9 Å². The van der Waals surface area contributed by atoms with E-state index in [1.807, 2.05) is 6.92 Å². The quantitative estimate of drug-likeness (QED) is 0.442. The normalized spacial score (nSPS) is 10.8. The first-order valence-electron chi connectivity index (χ1n) is 9.14. The van der Waals surface area contributed by atoms with Crippen molar-refractivity contribution in [3.05, 3.63) is 56.6 Å². The summed E-state index contributed by atoms with van der Waals surface area (Å²) >= 11 is 0. The molecule has 0 saturated carbocycles. The number of hydrogen-bond acceptors (Lipinski definition) is 7. The molecule has 30 heavy (non-hydrogen) atoms. The van der Waals surface area contributed by atoms with Crippen LogP contribution in [0.5, 0.6) is 11.5 Å². The Bertz CT molecular complexity index is 1160. The molecule has 3 rings (SSSR count). The van der Waals surface area contributed by atoms with Crippen LogP contribution in [0, 0.1) is 17.0 Å². The third kappa shape index (κ3) is 4.27. The Morgan fingerprint density at radius 3 is 2.57 bits per heavy atom. The summed E-state index contributed by atoms with van der Waals surface area (Å²) in [4.78, 5) is 34.7. The van der Waals surface area contributed by atoms with Gasteiger partial charge in [0.1, 0.15) is 0 Å². The second kappa shape index (κ2) is 8.68. The van der Waals surface area contributed by atoms with Crippen LogP contribution in [0.2, 0.25) is 0 Å². The first-order valence-corrected chi connectivity index (χ1v) is 9.14. The van der Waals surface area contributed by atoms with Gasteiger partial charge in [0.15, 0.2) is 17.1 Å². The number of amides is 1. The third-order valence-corrected chi connectivity index (χ3v) is 4.65. The summed E-state index contributed by atoms with van der Waals surface area (Å²) < 4.78 is 16.9. The van der Waals surface area contributed by atoms with Gasteiger partial charge in [-0.1, -0.05) is 0 Å². The molecule has 0 aliphatic rings. The fourth-order valence-electron chi connectivity index (χ4n) is 3.11. The zero-order valence-electron chi connectivity index (χ0n) is 16.8. The molecule has 2 aromatic carbocycles. The van der Waals surface area contributed by atoms with Gasteiger partial charge in [0.25, 0.3) is 5.69 Å². The van der Waals surface area contributed by atoms with Crippen LogP contribution in [0.4, 0.5) is 11.4 Å². The number of methoxy groups -OCH3 is 2. The summed E-state index contributed by atoms with van der Waals surface area (Å²) in [6.45, 7) is 2.08. The highest BCUT2D eigenvalue weighted by atomic mass is 16.6. The van der Waals surface area contributed by atoms with Crippen molar-refractivity contribution in [2.75, 3.05) is 19.5 Å². The summed E-state index contributed by atoms with van der Waals surface area (Å²) in [6.07, 6.45) is 0.545. The molecule has 0 atom stereocenters. The molecule has 0 radical (unpaired) electrons. The monoisotopic (exact) mass is 415 g/mol. The van der Waals surface area contributed by atoms with Crippen molar-refractivity contribution < 1.29 is 23.6 Å². The molecule has 1 heterocycles. The van der Waals surface area contributed by atoms with Crippen LogP contribution in [0.25, 0.3) is 11.1 Å². The number of carbonyl (C=O) groups is 1. The van der Waals surface area contributed by atoms with E-state index in [9.17, 15) is 19.7 Å². The number of oxazole rings is 1. The molecule has 0 aliphatic heterocycles. The minimum absolute atomic E-state index is 0.139. The van der Waals surface area contributed by atoms with Gasteiger partial charge in [-0.3, -0.25) is 19.5 Å².